The Hall–Kier alpha value is -1.10. The highest BCUT2D eigenvalue weighted by Gasteiger charge is 2.13. The Morgan fingerprint density at radius 2 is 2.36 bits per heavy atom. The van der Waals surface area contributed by atoms with E-state index in [1.165, 1.54) is 6.07 Å². The van der Waals surface area contributed by atoms with E-state index in [1.54, 1.807) is 12.1 Å². The summed E-state index contributed by atoms with van der Waals surface area (Å²) in [5.74, 6) is 0. The van der Waals surface area contributed by atoms with Gasteiger partial charge in [0.2, 0.25) is 0 Å². The van der Waals surface area contributed by atoms with Gasteiger partial charge < -0.3 is 0 Å². The van der Waals surface area contributed by atoms with Crippen molar-refractivity contribution in [1.29, 1.82) is 0 Å². The molecule has 0 atom stereocenters. The molecule has 0 saturated heterocycles. The van der Waals surface area contributed by atoms with E-state index >= 15 is 0 Å². The molecule has 0 aliphatic rings. The van der Waals surface area contributed by atoms with Crippen LogP contribution in [-0.2, 0) is 5.33 Å². The number of thiocarbonyl (C=S) groups is 1. The van der Waals surface area contributed by atoms with Crippen LogP contribution in [0.1, 0.15) is 5.56 Å². The molecule has 1 aromatic rings. The molecule has 0 radical (unpaired) electrons. The van der Waals surface area contributed by atoms with Crippen LogP contribution in [-0.4, -0.2) is 10.1 Å². The number of alkyl halides is 1. The van der Waals surface area contributed by atoms with Crippen LogP contribution in [0.15, 0.2) is 23.2 Å². The Kier molecular flexibility index (Phi) is 3.88. The van der Waals surface area contributed by atoms with Crippen molar-refractivity contribution in [1.82, 2.24) is 0 Å². The molecule has 0 unspecified atom stereocenters. The van der Waals surface area contributed by atoms with E-state index in [0.29, 0.717) is 5.33 Å². The zero-order valence-corrected chi connectivity index (χ0v) is 9.34. The van der Waals surface area contributed by atoms with Crippen molar-refractivity contribution < 1.29 is 4.92 Å². The van der Waals surface area contributed by atoms with Gasteiger partial charge in [0.25, 0.3) is 5.69 Å². The highest BCUT2D eigenvalue weighted by atomic mass is 79.9. The van der Waals surface area contributed by atoms with Crippen molar-refractivity contribution in [3.05, 3.63) is 33.9 Å². The summed E-state index contributed by atoms with van der Waals surface area (Å²) in [6.07, 6.45) is 0. The first-order valence-corrected chi connectivity index (χ1v) is 5.13. The third-order valence-corrected chi connectivity index (χ3v) is 2.30. The first-order chi connectivity index (χ1) is 6.69. The number of benzene rings is 1. The number of rotatable bonds is 3. The Morgan fingerprint density at radius 3 is 2.86 bits per heavy atom. The molecule has 6 heteroatoms. The predicted octanol–water partition coefficient (Wildman–Crippen LogP) is 3.22. The molecule has 14 heavy (non-hydrogen) atoms. The number of halogens is 1. The SMILES string of the molecule is O=[N+]([O-])c1cc(CBr)ccc1N=C=S. The van der Waals surface area contributed by atoms with Crippen LogP contribution in [0.5, 0.6) is 0 Å². The van der Waals surface area contributed by atoms with E-state index in [-0.39, 0.29) is 11.4 Å². The topological polar surface area (TPSA) is 55.5 Å². The second-order valence-electron chi connectivity index (χ2n) is 2.42. The molecule has 4 nitrogen and oxygen atoms in total. The summed E-state index contributed by atoms with van der Waals surface area (Å²) < 4.78 is 0. The number of nitrogens with zero attached hydrogens (tertiary/aromatic N) is 2. The number of hydrogen-bond donors (Lipinski definition) is 0. The lowest BCUT2D eigenvalue weighted by Gasteiger charge is -1.98. The average molecular weight is 273 g/mol. The normalized spacial score (nSPS) is 9.21. The van der Waals surface area contributed by atoms with Crippen LogP contribution in [0.3, 0.4) is 0 Å². The van der Waals surface area contributed by atoms with Gasteiger partial charge in [0.1, 0.15) is 0 Å². The molecule has 0 aliphatic heterocycles. The van der Waals surface area contributed by atoms with E-state index < -0.39 is 4.92 Å². The van der Waals surface area contributed by atoms with E-state index in [0.717, 1.165) is 5.56 Å². The summed E-state index contributed by atoms with van der Waals surface area (Å²) in [5.41, 5.74) is 0.994. The van der Waals surface area contributed by atoms with Crippen molar-refractivity contribution in [2.45, 2.75) is 5.33 Å². The predicted molar refractivity (Wildman–Crippen MR) is 60.4 cm³/mol. The van der Waals surface area contributed by atoms with Gasteiger partial charge in [0.05, 0.1) is 10.1 Å². The largest absolute Gasteiger partial charge is 0.295 e. The Balaban J connectivity index is 3.30. The molecule has 0 saturated carbocycles. The van der Waals surface area contributed by atoms with Crippen molar-refractivity contribution in [3.8, 4) is 0 Å². The second-order valence-corrected chi connectivity index (χ2v) is 3.16. The van der Waals surface area contributed by atoms with Gasteiger partial charge >= 0.3 is 0 Å². The van der Waals surface area contributed by atoms with Gasteiger partial charge in [-0.2, -0.15) is 4.99 Å². The van der Waals surface area contributed by atoms with Crippen LogP contribution >= 0.6 is 28.1 Å². The minimum atomic E-state index is -0.488. The quantitative estimate of drug-likeness (QED) is 0.279. The third-order valence-electron chi connectivity index (χ3n) is 1.56. The molecule has 0 amide bonds. The van der Waals surface area contributed by atoms with Crippen LogP contribution < -0.4 is 0 Å². The fourth-order valence-electron chi connectivity index (χ4n) is 0.942. The Labute approximate surface area is 93.9 Å². The number of isothiocyanates is 1. The molecule has 0 bridgehead atoms. The molecule has 1 rings (SSSR count). The number of hydrogen-bond acceptors (Lipinski definition) is 4. The first kappa shape index (κ1) is 11.0. The Bertz CT molecular complexity index is 416. The van der Waals surface area contributed by atoms with E-state index in [9.17, 15) is 10.1 Å². The molecule has 0 N–H and O–H groups in total. The molecular weight excluding hydrogens is 268 g/mol. The van der Waals surface area contributed by atoms with Gasteiger partial charge in [-0.3, -0.25) is 10.1 Å². The summed E-state index contributed by atoms with van der Waals surface area (Å²) >= 11 is 7.61. The van der Waals surface area contributed by atoms with Crippen molar-refractivity contribution in [3.63, 3.8) is 0 Å². The summed E-state index contributed by atoms with van der Waals surface area (Å²) in [6, 6.07) is 4.75. The highest BCUT2D eigenvalue weighted by molar-refractivity contribution is 9.08. The average Bonchev–Trinajstić information content (AvgIpc) is 2.18. The maximum Gasteiger partial charge on any atom is 0.295 e. The smallest absolute Gasteiger partial charge is 0.258 e. The minimum Gasteiger partial charge on any atom is -0.258 e. The van der Waals surface area contributed by atoms with Crippen LogP contribution in [0.25, 0.3) is 0 Å². The molecule has 0 aromatic heterocycles. The second kappa shape index (κ2) is 4.95. The number of nitro groups is 1. The molecule has 0 aliphatic carbocycles. The van der Waals surface area contributed by atoms with Crippen LogP contribution in [0, 0.1) is 10.1 Å². The van der Waals surface area contributed by atoms with Gasteiger partial charge in [0, 0.05) is 11.4 Å². The monoisotopic (exact) mass is 272 g/mol. The summed E-state index contributed by atoms with van der Waals surface area (Å²) in [4.78, 5) is 13.8. The standard InChI is InChI=1S/C8H5BrN2O2S/c9-4-6-1-2-7(10-5-14)8(3-6)11(12)13/h1-3H,4H2. The number of aliphatic imine (C=N–C) groups is 1. The third kappa shape index (κ3) is 2.45. The zero-order valence-electron chi connectivity index (χ0n) is 6.94. The lowest BCUT2D eigenvalue weighted by Crippen LogP contribution is -1.90. The van der Waals surface area contributed by atoms with Gasteiger partial charge in [0.15, 0.2) is 5.69 Å². The molecule has 1 aromatic carbocycles. The van der Waals surface area contributed by atoms with Gasteiger partial charge in [-0.15, -0.1) is 0 Å². The van der Waals surface area contributed by atoms with Gasteiger partial charge in [-0.1, -0.05) is 22.0 Å². The Morgan fingerprint density at radius 1 is 1.64 bits per heavy atom. The van der Waals surface area contributed by atoms with Gasteiger partial charge in [-0.25, -0.2) is 0 Å². The maximum absolute atomic E-state index is 10.6. The van der Waals surface area contributed by atoms with E-state index in [4.69, 9.17) is 0 Å². The minimum absolute atomic E-state index is 0.0562. The molecule has 0 fully saturated rings. The van der Waals surface area contributed by atoms with E-state index in [1.807, 2.05) is 0 Å². The molecule has 72 valence electrons. The highest BCUT2D eigenvalue weighted by Crippen LogP contribution is 2.28. The van der Waals surface area contributed by atoms with Crippen LogP contribution in [0.2, 0.25) is 0 Å². The fourth-order valence-corrected chi connectivity index (χ4v) is 1.39. The van der Waals surface area contributed by atoms with Crippen molar-refractivity contribution >= 4 is 44.7 Å². The lowest BCUT2D eigenvalue weighted by molar-refractivity contribution is -0.384. The maximum atomic E-state index is 10.6. The fraction of sp³-hybridized carbons (Fsp3) is 0.125. The molecule has 0 spiro atoms. The molecular formula is C8H5BrN2O2S. The van der Waals surface area contributed by atoms with Crippen LogP contribution in [0.4, 0.5) is 11.4 Å². The number of nitro benzene ring substituents is 1. The van der Waals surface area contributed by atoms with Crippen molar-refractivity contribution in [2.24, 2.45) is 4.99 Å². The summed E-state index contributed by atoms with van der Waals surface area (Å²) in [7, 11) is 0. The summed E-state index contributed by atoms with van der Waals surface area (Å²) in [6.45, 7) is 0. The first-order valence-electron chi connectivity index (χ1n) is 3.60. The summed E-state index contributed by atoms with van der Waals surface area (Å²) in [5, 5.41) is 13.3. The van der Waals surface area contributed by atoms with Crippen molar-refractivity contribution in [2.75, 3.05) is 0 Å². The lowest BCUT2D eigenvalue weighted by atomic mass is 10.2. The van der Waals surface area contributed by atoms with E-state index in [2.05, 4.69) is 38.3 Å². The zero-order chi connectivity index (χ0) is 10.6. The van der Waals surface area contributed by atoms with Gasteiger partial charge in [-0.05, 0) is 23.8 Å². The molecule has 0 heterocycles.